The Morgan fingerprint density at radius 2 is 1.84 bits per heavy atom. The van der Waals surface area contributed by atoms with Crippen LogP contribution in [-0.4, -0.2) is 34.5 Å². The maximum absolute atomic E-state index is 12.8. The van der Waals surface area contributed by atoms with E-state index in [1.807, 2.05) is 73.7 Å². The van der Waals surface area contributed by atoms with Crippen molar-refractivity contribution in [1.82, 2.24) is 14.9 Å². The number of aryl methyl sites for hydroxylation is 1. The molecule has 1 saturated heterocycles. The normalized spacial score (nSPS) is 16.4. The second-order valence-electron chi connectivity index (χ2n) is 7.99. The summed E-state index contributed by atoms with van der Waals surface area (Å²) in [4.78, 5) is 31.8. The summed E-state index contributed by atoms with van der Waals surface area (Å²) in [6.07, 6.45) is 0.238. The molecule has 1 unspecified atom stereocenters. The Morgan fingerprint density at radius 1 is 1.06 bits per heavy atom. The van der Waals surface area contributed by atoms with Crippen LogP contribution < -0.4 is 10.2 Å². The van der Waals surface area contributed by atoms with Gasteiger partial charge >= 0.3 is 0 Å². The van der Waals surface area contributed by atoms with Crippen LogP contribution in [0.2, 0.25) is 0 Å². The van der Waals surface area contributed by atoms with Crippen LogP contribution in [0.25, 0.3) is 21.8 Å². The molecule has 1 aliphatic rings. The number of nitrogens with one attached hydrogen (secondary N) is 1. The van der Waals surface area contributed by atoms with Gasteiger partial charge in [0.05, 0.1) is 22.6 Å². The summed E-state index contributed by atoms with van der Waals surface area (Å²) in [7, 11) is 0. The van der Waals surface area contributed by atoms with Crippen LogP contribution >= 0.6 is 0 Å². The summed E-state index contributed by atoms with van der Waals surface area (Å²) >= 11 is 0. The molecule has 0 bridgehead atoms. The molecule has 0 saturated carbocycles. The lowest BCUT2D eigenvalue weighted by atomic mass is 10.1. The Labute approximate surface area is 180 Å². The smallest absolute Gasteiger partial charge is 0.227 e. The van der Waals surface area contributed by atoms with Crippen molar-refractivity contribution in [3.05, 3.63) is 72.6 Å². The number of hydrogen-bond donors (Lipinski definition) is 1. The lowest BCUT2D eigenvalue weighted by molar-refractivity contribution is -0.126. The monoisotopic (exact) mass is 412 g/mol. The van der Waals surface area contributed by atoms with E-state index in [4.69, 9.17) is 0 Å². The van der Waals surface area contributed by atoms with E-state index in [0.29, 0.717) is 19.6 Å². The molecule has 31 heavy (non-hydrogen) atoms. The molecular formula is C25H24N4O2. The number of para-hydroxylation sites is 2. The van der Waals surface area contributed by atoms with Gasteiger partial charge < -0.3 is 14.8 Å². The molecule has 1 aliphatic heterocycles. The molecule has 1 aromatic heterocycles. The van der Waals surface area contributed by atoms with Gasteiger partial charge in [-0.1, -0.05) is 48.5 Å². The van der Waals surface area contributed by atoms with Crippen LogP contribution in [0.1, 0.15) is 12.2 Å². The zero-order chi connectivity index (χ0) is 21.4. The number of fused-ring (bicyclic) bond motifs is 2. The van der Waals surface area contributed by atoms with Crippen molar-refractivity contribution in [2.75, 3.05) is 18.0 Å². The van der Waals surface area contributed by atoms with E-state index in [-0.39, 0.29) is 24.2 Å². The number of carbonyl (C=O) groups is 2. The third kappa shape index (κ3) is 3.54. The lowest BCUT2D eigenvalue weighted by Gasteiger charge is -2.19. The number of rotatable bonds is 5. The minimum atomic E-state index is -0.341. The van der Waals surface area contributed by atoms with Gasteiger partial charge in [-0.15, -0.1) is 0 Å². The molecule has 1 atom stereocenters. The van der Waals surface area contributed by atoms with Crippen molar-refractivity contribution >= 4 is 39.3 Å². The average Bonchev–Trinajstić information content (AvgIpc) is 3.33. The third-order valence-corrected chi connectivity index (χ3v) is 6.03. The predicted octanol–water partition coefficient (Wildman–Crippen LogP) is 3.67. The summed E-state index contributed by atoms with van der Waals surface area (Å²) < 4.78 is 2.11. The Balaban J connectivity index is 1.26. The highest BCUT2D eigenvalue weighted by Gasteiger charge is 2.35. The number of carbonyl (C=O) groups excluding carboxylic acids is 2. The molecule has 2 amide bonds. The molecule has 6 heteroatoms. The molecule has 0 spiro atoms. The predicted molar refractivity (Wildman–Crippen MR) is 122 cm³/mol. The lowest BCUT2D eigenvalue weighted by Crippen LogP contribution is -2.35. The fourth-order valence-corrected chi connectivity index (χ4v) is 4.47. The summed E-state index contributed by atoms with van der Waals surface area (Å²) in [6.45, 7) is 3.52. The molecule has 5 rings (SSSR count). The first-order valence-corrected chi connectivity index (χ1v) is 10.6. The van der Waals surface area contributed by atoms with Crippen molar-refractivity contribution in [1.29, 1.82) is 0 Å². The van der Waals surface area contributed by atoms with Crippen molar-refractivity contribution in [3.63, 3.8) is 0 Å². The zero-order valence-electron chi connectivity index (χ0n) is 17.4. The van der Waals surface area contributed by atoms with E-state index >= 15 is 0 Å². The number of aromatic nitrogens is 2. The van der Waals surface area contributed by atoms with Crippen LogP contribution in [0, 0.1) is 12.8 Å². The van der Waals surface area contributed by atoms with E-state index in [1.165, 1.54) is 0 Å². The molecule has 3 aromatic carbocycles. The maximum Gasteiger partial charge on any atom is 0.227 e. The Bertz CT molecular complexity index is 1290. The Kier molecular flexibility index (Phi) is 4.90. The van der Waals surface area contributed by atoms with Gasteiger partial charge in [-0.25, -0.2) is 4.98 Å². The SMILES string of the molecule is Cc1nc2ccccc2n1CCNC(=O)C1CC(=O)N(c2cccc3ccccc23)C1. The number of hydrogen-bond acceptors (Lipinski definition) is 3. The number of nitrogens with zero attached hydrogens (tertiary/aromatic N) is 3. The third-order valence-electron chi connectivity index (χ3n) is 6.03. The topological polar surface area (TPSA) is 67.2 Å². The van der Waals surface area contributed by atoms with Gasteiger partial charge in [0.15, 0.2) is 0 Å². The van der Waals surface area contributed by atoms with Crippen LogP contribution in [0.3, 0.4) is 0 Å². The quantitative estimate of drug-likeness (QED) is 0.544. The molecule has 4 aromatic rings. The Morgan fingerprint density at radius 3 is 2.74 bits per heavy atom. The summed E-state index contributed by atoms with van der Waals surface area (Å²) in [6, 6.07) is 21.9. The van der Waals surface area contributed by atoms with Crippen molar-refractivity contribution < 1.29 is 9.59 Å². The molecule has 1 fully saturated rings. The van der Waals surface area contributed by atoms with Crippen molar-refractivity contribution in [2.45, 2.75) is 19.9 Å². The zero-order valence-corrected chi connectivity index (χ0v) is 17.4. The largest absolute Gasteiger partial charge is 0.354 e. The maximum atomic E-state index is 12.8. The number of anilines is 1. The van der Waals surface area contributed by atoms with Gasteiger partial charge in [0.1, 0.15) is 5.82 Å². The second-order valence-corrected chi connectivity index (χ2v) is 7.99. The average molecular weight is 412 g/mol. The molecule has 6 nitrogen and oxygen atoms in total. The van der Waals surface area contributed by atoms with Crippen LogP contribution in [0.15, 0.2) is 66.7 Å². The fourth-order valence-electron chi connectivity index (χ4n) is 4.47. The molecule has 2 heterocycles. The highest BCUT2D eigenvalue weighted by molar-refractivity contribution is 6.07. The molecule has 156 valence electrons. The number of amides is 2. The van der Waals surface area contributed by atoms with Gasteiger partial charge in [-0.05, 0) is 30.5 Å². The highest BCUT2D eigenvalue weighted by atomic mass is 16.2. The van der Waals surface area contributed by atoms with E-state index in [1.54, 1.807) is 4.90 Å². The van der Waals surface area contributed by atoms with E-state index < -0.39 is 0 Å². The first-order chi connectivity index (χ1) is 15.1. The standard InChI is InChI=1S/C25H24N4O2/c1-17-27-21-10-4-5-11-23(21)28(17)14-13-26-25(31)19-15-24(30)29(16-19)22-12-6-8-18-7-2-3-9-20(18)22/h2-12,19H,13-16H2,1H3,(H,26,31). The second kappa shape index (κ2) is 7.87. The number of imidazole rings is 1. The summed E-state index contributed by atoms with van der Waals surface area (Å²) in [5.74, 6) is 0.506. The van der Waals surface area contributed by atoms with Gasteiger partial charge in [0, 0.05) is 31.4 Å². The highest BCUT2D eigenvalue weighted by Crippen LogP contribution is 2.31. The first-order valence-electron chi connectivity index (χ1n) is 10.6. The van der Waals surface area contributed by atoms with Crippen LogP contribution in [-0.2, 0) is 16.1 Å². The first kappa shape index (κ1) is 19.3. The van der Waals surface area contributed by atoms with E-state index in [2.05, 4.69) is 14.9 Å². The van der Waals surface area contributed by atoms with Gasteiger partial charge in [-0.2, -0.15) is 0 Å². The van der Waals surface area contributed by atoms with Gasteiger partial charge in [0.25, 0.3) is 0 Å². The van der Waals surface area contributed by atoms with Gasteiger partial charge in [0.2, 0.25) is 11.8 Å². The minimum absolute atomic E-state index is 0.00653. The van der Waals surface area contributed by atoms with Crippen molar-refractivity contribution in [3.8, 4) is 0 Å². The minimum Gasteiger partial charge on any atom is -0.354 e. The van der Waals surface area contributed by atoms with Crippen LogP contribution in [0.5, 0.6) is 0 Å². The molecule has 1 N–H and O–H groups in total. The summed E-state index contributed by atoms with van der Waals surface area (Å²) in [5.41, 5.74) is 2.89. The van der Waals surface area contributed by atoms with Crippen molar-refractivity contribution in [2.24, 2.45) is 5.92 Å². The van der Waals surface area contributed by atoms with E-state index in [9.17, 15) is 9.59 Å². The fraction of sp³-hybridized carbons (Fsp3) is 0.240. The Hall–Kier alpha value is -3.67. The molecule has 0 radical (unpaired) electrons. The molecular weight excluding hydrogens is 388 g/mol. The van der Waals surface area contributed by atoms with E-state index in [0.717, 1.165) is 33.3 Å². The van der Waals surface area contributed by atoms with Crippen LogP contribution in [0.4, 0.5) is 5.69 Å². The number of benzene rings is 3. The van der Waals surface area contributed by atoms with Gasteiger partial charge in [-0.3, -0.25) is 9.59 Å². The molecule has 0 aliphatic carbocycles. The summed E-state index contributed by atoms with van der Waals surface area (Å²) in [5, 5.41) is 5.13.